The van der Waals surface area contributed by atoms with Crippen LogP contribution in [0.3, 0.4) is 0 Å². The number of hydrogen-bond donors (Lipinski definition) is 1. The van der Waals surface area contributed by atoms with Crippen molar-refractivity contribution in [3.05, 3.63) is 64.9 Å². The third kappa shape index (κ3) is 4.34. The van der Waals surface area contributed by atoms with Crippen LogP contribution in [0.5, 0.6) is 0 Å². The van der Waals surface area contributed by atoms with Gasteiger partial charge < -0.3 is 9.84 Å². The van der Waals surface area contributed by atoms with Gasteiger partial charge >= 0.3 is 6.18 Å². The Morgan fingerprint density at radius 1 is 1.10 bits per heavy atom. The lowest BCUT2D eigenvalue weighted by Gasteiger charge is -2.20. The van der Waals surface area contributed by atoms with Crippen molar-refractivity contribution in [3.63, 3.8) is 0 Å². The van der Waals surface area contributed by atoms with Crippen molar-refractivity contribution in [1.82, 2.24) is 20.4 Å². The first kappa shape index (κ1) is 20.1. The fraction of sp³-hybridized carbons (Fsp3) is 0.333. The van der Waals surface area contributed by atoms with Crippen LogP contribution in [0.1, 0.15) is 46.1 Å². The molecule has 0 aliphatic heterocycles. The molecule has 1 aliphatic carbocycles. The smallest absolute Gasteiger partial charge is 0.355 e. The standard InChI is InChI=1S/C21H19F3N4O2/c22-21(23,24)19-14-8-4-5-9-15(14)26-18(27-19)10-11-25-20(29)16-12-17(30-28-16)13-6-2-1-3-7-13/h1-3,6-7,12H,4-5,8-11H2,(H,25,29). The van der Waals surface area contributed by atoms with Gasteiger partial charge in [0.1, 0.15) is 5.82 Å². The Kier molecular flexibility index (Phi) is 5.52. The minimum atomic E-state index is -4.52. The van der Waals surface area contributed by atoms with E-state index in [0.29, 0.717) is 30.7 Å². The Labute approximate surface area is 170 Å². The molecule has 1 aliphatic rings. The van der Waals surface area contributed by atoms with E-state index < -0.39 is 17.8 Å². The number of hydrogen-bond acceptors (Lipinski definition) is 5. The first-order chi connectivity index (χ1) is 14.4. The predicted octanol–water partition coefficient (Wildman–Crippen LogP) is 4.00. The maximum Gasteiger partial charge on any atom is 0.433 e. The fourth-order valence-electron chi connectivity index (χ4n) is 3.49. The Morgan fingerprint density at radius 2 is 1.87 bits per heavy atom. The van der Waals surface area contributed by atoms with Crippen molar-refractivity contribution in [2.45, 2.75) is 38.3 Å². The number of carbonyl (C=O) groups excluding carboxylic acids is 1. The summed E-state index contributed by atoms with van der Waals surface area (Å²) in [5.41, 5.74) is 0.700. The molecule has 0 radical (unpaired) electrons. The molecule has 156 valence electrons. The second-order valence-corrected chi connectivity index (χ2v) is 7.07. The fourth-order valence-corrected chi connectivity index (χ4v) is 3.49. The van der Waals surface area contributed by atoms with Crippen molar-refractivity contribution in [2.24, 2.45) is 0 Å². The number of aromatic nitrogens is 3. The second-order valence-electron chi connectivity index (χ2n) is 7.07. The number of fused-ring (bicyclic) bond motifs is 1. The largest absolute Gasteiger partial charge is 0.433 e. The van der Waals surface area contributed by atoms with Gasteiger partial charge in [0.2, 0.25) is 0 Å². The zero-order valence-electron chi connectivity index (χ0n) is 16.0. The van der Waals surface area contributed by atoms with Crippen molar-refractivity contribution < 1.29 is 22.5 Å². The predicted molar refractivity (Wildman–Crippen MR) is 102 cm³/mol. The summed E-state index contributed by atoms with van der Waals surface area (Å²) >= 11 is 0. The van der Waals surface area contributed by atoms with Crippen LogP contribution in [0.15, 0.2) is 40.9 Å². The minimum absolute atomic E-state index is 0.0772. The molecule has 0 bridgehead atoms. The molecule has 1 amide bonds. The number of aryl methyl sites for hydroxylation is 1. The number of halogens is 3. The lowest BCUT2D eigenvalue weighted by atomic mass is 9.94. The van der Waals surface area contributed by atoms with E-state index in [0.717, 1.165) is 12.0 Å². The number of benzene rings is 1. The van der Waals surface area contributed by atoms with Gasteiger partial charge in [0.05, 0.1) is 0 Å². The molecule has 0 fully saturated rings. The number of nitrogens with zero attached hydrogens (tertiary/aromatic N) is 3. The van der Waals surface area contributed by atoms with Crippen LogP contribution in [0.25, 0.3) is 11.3 Å². The third-order valence-corrected chi connectivity index (χ3v) is 4.93. The van der Waals surface area contributed by atoms with Crippen LogP contribution in [-0.2, 0) is 25.4 Å². The molecule has 3 aromatic rings. The Balaban J connectivity index is 1.42. The average Bonchev–Trinajstić information content (AvgIpc) is 3.23. The molecule has 6 nitrogen and oxygen atoms in total. The topological polar surface area (TPSA) is 80.9 Å². The van der Waals surface area contributed by atoms with Gasteiger partial charge in [-0.3, -0.25) is 4.79 Å². The molecule has 0 unspecified atom stereocenters. The number of amides is 1. The van der Waals surface area contributed by atoms with Crippen LogP contribution in [0, 0.1) is 0 Å². The first-order valence-electron chi connectivity index (χ1n) is 9.68. The Hall–Kier alpha value is -3.23. The van der Waals surface area contributed by atoms with Crippen molar-refractivity contribution in [2.75, 3.05) is 6.54 Å². The third-order valence-electron chi connectivity index (χ3n) is 4.93. The summed E-state index contributed by atoms with van der Waals surface area (Å²) in [6.07, 6.45) is -2.05. The van der Waals surface area contributed by atoms with Gasteiger partial charge in [-0.05, 0) is 25.7 Å². The summed E-state index contributed by atoms with van der Waals surface area (Å²) in [6.45, 7) is 0.0858. The maximum atomic E-state index is 13.4. The molecule has 30 heavy (non-hydrogen) atoms. The van der Waals surface area contributed by atoms with Gasteiger partial charge in [-0.15, -0.1) is 0 Å². The van der Waals surface area contributed by atoms with E-state index in [1.807, 2.05) is 30.3 Å². The van der Waals surface area contributed by atoms with Gasteiger partial charge in [0.15, 0.2) is 17.1 Å². The van der Waals surface area contributed by atoms with Crippen molar-refractivity contribution >= 4 is 5.91 Å². The first-order valence-corrected chi connectivity index (χ1v) is 9.68. The summed E-state index contributed by atoms with van der Waals surface area (Å²) in [5, 5.41) is 6.38. The maximum absolute atomic E-state index is 13.4. The molecule has 2 aromatic heterocycles. The summed E-state index contributed by atoms with van der Waals surface area (Å²) in [6, 6.07) is 10.7. The van der Waals surface area contributed by atoms with Crippen molar-refractivity contribution in [1.29, 1.82) is 0 Å². The van der Waals surface area contributed by atoms with Gasteiger partial charge in [0, 0.05) is 35.9 Å². The van der Waals surface area contributed by atoms with Crippen LogP contribution in [-0.4, -0.2) is 27.6 Å². The lowest BCUT2D eigenvalue weighted by molar-refractivity contribution is -0.142. The number of rotatable bonds is 5. The van der Waals surface area contributed by atoms with E-state index in [4.69, 9.17) is 4.52 Å². The molecule has 2 heterocycles. The zero-order chi connectivity index (χ0) is 21.1. The molecule has 0 saturated carbocycles. The normalized spacial score (nSPS) is 13.7. The lowest BCUT2D eigenvalue weighted by Crippen LogP contribution is -2.27. The van der Waals surface area contributed by atoms with Gasteiger partial charge in [-0.1, -0.05) is 35.5 Å². The van der Waals surface area contributed by atoms with E-state index in [-0.39, 0.29) is 30.0 Å². The van der Waals surface area contributed by atoms with E-state index in [9.17, 15) is 18.0 Å². The second kappa shape index (κ2) is 8.25. The molecular weight excluding hydrogens is 397 g/mol. The molecule has 0 spiro atoms. The monoisotopic (exact) mass is 416 g/mol. The van der Waals surface area contributed by atoms with Crippen LogP contribution < -0.4 is 5.32 Å². The van der Waals surface area contributed by atoms with E-state index in [2.05, 4.69) is 20.4 Å². The van der Waals surface area contributed by atoms with Crippen LogP contribution in [0.4, 0.5) is 13.2 Å². The van der Waals surface area contributed by atoms with Crippen molar-refractivity contribution in [3.8, 4) is 11.3 Å². The van der Waals surface area contributed by atoms with E-state index in [1.54, 1.807) is 0 Å². The Morgan fingerprint density at radius 3 is 2.63 bits per heavy atom. The van der Waals surface area contributed by atoms with Crippen LogP contribution in [0.2, 0.25) is 0 Å². The van der Waals surface area contributed by atoms with Gasteiger partial charge in [0.25, 0.3) is 5.91 Å². The highest BCUT2D eigenvalue weighted by atomic mass is 19.4. The highest BCUT2D eigenvalue weighted by molar-refractivity contribution is 5.93. The number of carbonyl (C=O) groups is 1. The number of nitrogens with one attached hydrogen (secondary N) is 1. The van der Waals surface area contributed by atoms with E-state index in [1.165, 1.54) is 6.07 Å². The van der Waals surface area contributed by atoms with Crippen LogP contribution >= 0.6 is 0 Å². The zero-order valence-corrected chi connectivity index (χ0v) is 16.0. The summed E-state index contributed by atoms with van der Waals surface area (Å²) in [7, 11) is 0. The minimum Gasteiger partial charge on any atom is -0.355 e. The Bertz CT molecular complexity index is 1050. The number of alkyl halides is 3. The molecule has 0 atom stereocenters. The molecule has 9 heteroatoms. The summed E-state index contributed by atoms with van der Waals surface area (Å²) in [4.78, 5) is 20.3. The molecule has 1 N–H and O–H groups in total. The van der Waals surface area contributed by atoms with Gasteiger partial charge in [-0.2, -0.15) is 13.2 Å². The molecule has 1 aromatic carbocycles. The molecular formula is C21H19F3N4O2. The molecule has 0 saturated heterocycles. The SMILES string of the molecule is O=C(NCCc1nc2c(c(C(F)(F)F)n1)CCCC2)c1cc(-c2ccccc2)on1. The quantitative estimate of drug-likeness (QED) is 0.680. The molecule has 4 rings (SSSR count). The van der Waals surface area contributed by atoms with E-state index >= 15 is 0 Å². The summed E-state index contributed by atoms with van der Waals surface area (Å²) < 4.78 is 45.4. The van der Waals surface area contributed by atoms with Gasteiger partial charge in [-0.25, -0.2) is 9.97 Å². The summed E-state index contributed by atoms with van der Waals surface area (Å²) in [5.74, 6) is 0.0527. The highest BCUT2D eigenvalue weighted by Gasteiger charge is 2.37. The average molecular weight is 416 g/mol. The highest BCUT2D eigenvalue weighted by Crippen LogP contribution is 2.34.